The molecule has 1 aliphatic heterocycles. The Labute approximate surface area is 193 Å². The normalized spacial score (nSPS) is 24.2. The summed E-state index contributed by atoms with van der Waals surface area (Å²) in [7, 11) is 0. The van der Waals surface area contributed by atoms with Crippen LogP contribution >= 0.6 is 0 Å². The van der Waals surface area contributed by atoms with E-state index in [1.54, 1.807) is 0 Å². The van der Waals surface area contributed by atoms with Crippen LogP contribution in [-0.4, -0.2) is 47.5 Å². The van der Waals surface area contributed by atoms with Gasteiger partial charge in [0, 0.05) is 18.4 Å². The topological polar surface area (TPSA) is 76.0 Å². The predicted molar refractivity (Wildman–Crippen MR) is 124 cm³/mol. The van der Waals surface area contributed by atoms with E-state index in [9.17, 15) is 19.4 Å². The second kappa shape index (κ2) is 14.8. The lowest BCUT2D eigenvalue weighted by molar-refractivity contribution is -0.246. The number of carbonyl (C=O) groups is 1. The van der Waals surface area contributed by atoms with Crippen LogP contribution in [-0.2, 0) is 14.3 Å². The van der Waals surface area contributed by atoms with Crippen molar-refractivity contribution in [3.05, 3.63) is 24.3 Å². The summed E-state index contributed by atoms with van der Waals surface area (Å²) in [5, 5.41) is 21.9. The molecule has 2 N–H and O–H groups in total. The van der Waals surface area contributed by atoms with Crippen LogP contribution in [0.3, 0.4) is 0 Å². The molecule has 32 heavy (non-hydrogen) atoms. The summed E-state index contributed by atoms with van der Waals surface area (Å²) in [5.41, 5.74) is -1.97. The molecule has 0 aromatic carbocycles. The lowest BCUT2D eigenvalue weighted by Gasteiger charge is -2.41. The maximum Gasteiger partial charge on any atom is 0.338 e. The zero-order chi connectivity index (χ0) is 23.2. The second-order valence-corrected chi connectivity index (χ2v) is 9.20. The van der Waals surface area contributed by atoms with Gasteiger partial charge in [-0.05, 0) is 57.8 Å². The van der Waals surface area contributed by atoms with E-state index in [1.165, 1.54) is 0 Å². The van der Waals surface area contributed by atoms with Crippen LogP contribution in [0.1, 0.15) is 90.4 Å². The minimum Gasteiger partial charge on any atom is -0.479 e. The third-order valence-electron chi connectivity index (χ3n) is 6.75. The molecule has 0 spiro atoms. The predicted octanol–water partition coefficient (Wildman–Crippen LogP) is 5.96. The molecule has 2 unspecified atom stereocenters. The number of aliphatic carboxylic acids is 1. The number of carboxylic acid groups (broad SMARTS) is 1. The number of rotatable bonds is 15. The Bertz CT molecular complexity index is 581. The maximum atomic E-state index is 12.5. The number of alkyl halides is 1. The molecule has 1 saturated carbocycles. The highest BCUT2D eigenvalue weighted by atomic mass is 19.1. The van der Waals surface area contributed by atoms with E-state index >= 15 is 0 Å². The van der Waals surface area contributed by atoms with E-state index < -0.39 is 24.0 Å². The van der Waals surface area contributed by atoms with E-state index in [2.05, 4.69) is 6.08 Å². The van der Waals surface area contributed by atoms with Crippen molar-refractivity contribution in [3.8, 4) is 0 Å². The number of aliphatic hydroxyl groups is 1. The molecule has 0 aromatic rings. The Morgan fingerprint density at radius 1 is 1.09 bits per heavy atom. The molecule has 0 aromatic heterocycles. The van der Waals surface area contributed by atoms with Crippen LogP contribution in [0, 0.1) is 11.8 Å². The lowest BCUT2D eigenvalue weighted by Crippen LogP contribution is -2.59. The highest BCUT2D eigenvalue weighted by Gasteiger charge is 2.54. The highest BCUT2D eigenvalue weighted by molar-refractivity contribution is 5.79. The lowest BCUT2D eigenvalue weighted by atomic mass is 9.76. The van der Waals surface area contributed by atoms with Gasteiger partial charge in [0.25, 0.3) is 0 Å². The first kappa shape index (κ1) is 27.0. The van der Waals surface area contributed by atoms with Crippen molar-refractivity contribution in [1.29, 1.82) is 0 Å². The first-order valence-electron chi connectivity index (χ1n) is 12.7. The fourth-order valence-corrected chi connectivity index (χ4v) is 4.89. The summed E-state index contributed by atoms with van der Waals surface area (Å²) in [6.07, 6.45) is 17.6. The number of allylic oxidation sites excluding steroid dienone is 2. The number of unbranched alkanes of at least 4 members (excludes halogenated alkanes) is 4. The fraction of sp³-hybridized carbons (Fsp3) is 0.808. The van der Waals surface area contributed by atoms with Crippen molar-refractivity contribution >= 4 is 5.97 Å². The van der Waals surface area contributed by atoms with Crippen LogP contribution in [0.5, 0.6) is 0 Å². The van der Waals surface area contributed by atoms with Crippen LogP contribution in [0.25, 0.3) is 0 Å². The highest BCUT2D eigenvalue weighted by Crippen LogP contribution is 2.41. The van der Waals surface area contributed by atoms with E-state index in [-0.39, 0.29) is 18.5 Å². The first-order valence-corrected chi connectivity index (χ1v) is 12.7. The molecule has 4 atom stereocenters. The standard InChI is InChI=1S/C26H43FO5/c1-2-3-14-21(15-8-6-4-5-7-12-19-27)24(32-23-18-11-13-20-31-23)26(30,25(28)29)22-16-9-10-17-22/h3,8,14-15,21-24,30H,2,4-7,9-13,16-20H2,1H3,(H,28,29)/t21?,23?,24-,26+/m1/s1. The maximum absolute atomic E-state index is 12.5. The zero-order valence-corrected chi connectivity index (χ0v) is 19.7. The van der Waals surface area contributed by atoms with Gasteiger partial charge in [-0.25, -0.2) is 4.79 Å². The summed E-state index contributed by atoms with van der Waals surface area (Å²) in [6.45, 7) is 2.36. The van der Waals surface area contributed by atoms with Crippen LogP contribution in [0.4, 0.5) is 4.39 Å². The number of halogens is 1. The Balaban J connectivity index is 2.24. The van der Waals surface area contributed by atoms with Crippen molar-refractivity contribution in [3.63, 3.8) is 0 Å². The molecule has 1 heterocycles. The number of carboxylic acids is 1. The van der Waals surface area contributed by atoms with Crippen LogP contribution in [0.15, 0.2) is 24.3 Å². The SMILES string of the molecule is CCC=CC(C=CCCCCCCF)[C@@H](OC1CCCCO1)[C@](O)(C(=O)O)C1CCCC1. The molecule has 1 aliphatic carbocycles. The summed E-state index contributed by atoms with van der Waals surface area (Å²) in [5.74, 6) is -1.91. The van der Waals surface area contributed by atoms with Gasteiger partial charge in [0.2, 0.25) is 0 Å². The van der Waals surface area contributed by atoms with Gasteiger partial charge in [0.05, 0.1) is 6.67 Å². The third kappa shape index (κ3) is 7.96. The molecular weight excluding hydrogens is 411 g/mol. The Morgan fingerprint density at radius 2 is 1.78 bits per heavy atom. The monoisotopic (exact) mass is 454 g/mol. The van der Waals surface area contributed by atoms with E-state index in [0.29, 0.717) is 32.3 Å². The molecule has 2 fully saturated rings. The number of hydrogen-bond acceptors (Lipinski definition) is 4. The van der Waals surface area contributed by atoms with Crippen molar-refractivity contribution in [1.82, 2.24) is 0 Å². The van der Waals surface area contributed by atoms with Gasteiger partial charge in [-0.2, -0.15) is 0 Å². The second-order valence-electron chi connectivity index (χ2n) is 9.20. The van der Waals surface area contributed by atoms with Gasteiger partial charge >= 0.3 is 5.97 Å². The number of ether oxygens (including phenoxy) is 2. The van der Waals surface area contributed by atoms with Gasteiger partial charge in [-0.15, -0.1) is 0 Å². The molecule has 5 nitrogen and oxygen atoms in total. The molecule has 2 rings (SSSR count). The van der Waals surface area contributed by atoms with E-state index in [0.717, 1.165) is 57.8 Å². The van der Waals surface area contributed by atoms with Crippen molar-refractivity contribution in [2.24, 2.45) is 11.8 Å². The summed E-state index contributed by atoms with van der Waals surface area (Å²) in [6, 6.07) is 0. The quantitative estimate of drug-likeness (QED) is 0.236. The summed E-state index contributed by atoms with van der Waals surface area (Å²) >= 11 is 0. The molecule has 1 saturated heterocycles. The Kier molecular flexibility index (Phi) is 12.5. The molecular formula is C26H43FO5. The van der Waals surface area contributed by atoms with Gasteiger partial charge in [-0.3, -0.25) is 4.39 Å². The average molecular weight is 455 g/mol. The van der Waals surface area contributed by atoms with Crippen molar-refractivity contribution in [2.75, 3.05) is 13.3 Å². The average Bonchev–Trinajstić information content (AvgIpc) is 3.35. The largest absolute Gasteiger partial charge is 0.479 e. The van der Waals surface area contributed by atoms with Gasteiger partial charge < -0.3 is 19.7 Å². The number of hydrogen-bond donors (Lipinski definition) is 2. The molecule has 2 aliphatic rings. The fourth-order valence-electron chi connectivity index (χ4n) is 4.89. The molecule has 184 valence electrons. The Morgan fingerprint density at radius 3 is 2.41 bits per heavy atom. The first-order chi connectivity index (χ1) is 15.5. The van der Waals surface area contributed by atoms with Crippen molar-refractivity contribution < 1.29 is 28.9 Å². The minimum atomic E-state index is -1.97. The van der Waals surface area contributed by atoms with Gasteiger partial charge in [-0.1, -0.05) is 56.9 Å². The molecule has 0 amide bonds. The van der Waals surface area contributed by atoms with Gasteiger partial charge in [0.1, 0.15) is 6.10 Å². The molecule has 0 bridgehead atoms. The van der Waals surface area contributed by atoms with E-state index in [4.69, 9.17) is 9.47 Å². The van der Waals surface area contributed by atoms with Crippen LogP contribution in [0.2, 0.25) is 0 Å². The zero-order valence-electron chi connectivity index (χ0n) is 19.7. The van der Waals surface area contributed by atoms with E-state index in [1.807, 2.05) is 25.2 Å². The third-order valence-corrected chi connectivity index (χ3v) is 6.75. The minimum absolute atomic E-state index is 0.267. The smallest absolute Gasteiger partial charge is 0.338 e. The van der Waals surface area contributed by atoms with Crippen LogP contribution < -0.4 is 0 Å². The van der Waals surface area contributed by atoms with Crippen molar-refractivity contribution in [2.45, 2.75) is 108 Å². The Hall–Kier alpha value is -1.24. The van der Waals surface area contributed by atoms with Gasteiger partial charge in [0.15, 0.2) is 11.9 Å². The molecule has 0 radical (unpaired) electrons. The molecule has 6 heteroatoms. The summed E-state index contributed by atoms with van der Waals surface area (Å²) < 4.78 is 24.3. The summed E-state index contributed by atoms with van der Waals surface area (Å²) in [4.78, 5) is 12.5.